The normalized spacial score (nSPS) is 21.7. The van der Waals surface area contributed by atoms with Crippen LogP contribution < -0.4 is 22.1 Å². The van der Waals surface area contributed by atoms with Crippen LogP contribution in [0.4, 0.5) is 29.9 Å². The monoisotopic (exact) mass is 530 g/mol. The first kappa shape index (κ1) is 23.9. The first-order chi connectivity index (χ1) is 17.6. The van der Waals surface area contributed by atoms with E-state index in [0.29, 0.717) is 18.9 Å². The predicted molar refractivity (Wildman–Crippen MR) is 133 cm³/mol. The zero-order valence-electron chi connectivity index (χ0n) is 19.8. The van der Waals surface area contributed by atoms with E-state index in [0.717, 1.165) is 46.6 Å². The number of piperidine rings is 1. The molecule has 6 rings (SSSR count). The molecular formula is C24H25F3N8OS. The second-order valence-corrected chi connectivity index (χ2v) is 11.1. The topological polar surface area (TPSA) is 140 Å². The van der Waals surface area contributed by atoms with Crippen LogP contribution in [0.1, 0.15) is 51.1 Å². The number of hydrogen-bond acceptors (Lipinski definition) is 9. The summed E-state index contributed by atoms with van der Waals surface area (Å²) in [6, 6.07) is 4.58. The molecule has 1 amide bonds. The Morgan fingerprint density at radius 1 is 1.16 bits per heavy atom. The van der Waals surface area contributed by atoms with Crippen LogP contribution in [0.25, 0.3) is 0 Å². The quantitative estimate of drug-likeness (QED) is 0.460. The van der Waals surface area contributed by atoms with Gasteiger partial charge in [-0.15, -0.1) is 0 Å². The average molecular weight is 531 g/mol. The molecule has 2 aliphatic heterocycles. The van der Waals surface area contributed by atoms with Crippen LogP contribution in [0.3, 0.4) is 0 Å². The summed E-state index contributed by atoms with van der Waals surface area (Å²) in [5.41, 5.74) is 19.5. The average Bonchev–Trinajstić information content (AvgIpc) is 3.36. The van der Waals surface area contributed by atoms with E-state index in [-0.39, 0.29) is 51.0 Å². The van der Waals surface area contributed by atoms with Crippen molar-refractivity contribution in [2.24, 2.45) is 11.1 Å². The van der Waals surface area contributed by atoms with Crippen LogP contribution in [-0.2, 0) is 18.9 Å². The number of fused-ring (bicyclic) bond motifs is 2. The lowest BCUT2D eigenvalue weighted by atomic mass is 9.73. The van der Waals surface area contributed by atoms with E-state index in [2.05, 4.69) is 15.0 Å². The summed E-state index contributed by atoms with van der Waals surface area (Å²) in [7, 11) is 0. The third kappa shape index (κ3) is 3.87. The van der Waals surface area contributed by atoms with Gasteiger partial charge in [0.05, 0.1) is 24.2 Å². The molecule has 13 heteroatoms. The van der Waals surface area contributed by atoms with E-state index in [4.69, 9.17) is 17.2 Å². The zero-order chi connectivity index (χ0) is 26.1. The summed E-state index contributed by atoms with van der Waals surface area (Å²) in [6.07, 6.45) is 3.79. The number of alkyl halides is 2. The number of rotatable bonds is 2. The van der Waals surface area contributed by atoms with Crippen LogP contribution in [0.2, 0.25) is 0 Å². The van der Waals surface area contributed by atoms with Crippen molar-refractivity contribution in [3.05, 3.63) is 57.6 Å². The van der Waals surface area contributed by atoms with Crippen LogP contribution in [0.5, 0.6) is 0 Å². The molecular weight excluding hydrogens is 505 g/mol. The van der Waals surface area contributed by atoms with E-state index < -0.39 is 18.4 Å². The van der Waals surface area contributed by atoms with Gasteiger partial charge in [0.2, 0.25) is 0 Å². The maximum absolute atomic E-state index is 14.6. The summed E-state index contributed by atoms with van der Waals surface area (Å²) in [5.74, 6) is -3.96. The lowest BCUT2D eigenvalue weighted by Gasteiger charge is -2.42. The minimum absolute atomic E-state index is 0.0283. The number of amides is 1. The highest BCUT2D eigenvalue weighted by Gasteiger charge is 2.47. The third-order valence-electron chi connectivity index (χ3n) is 7.79. The smallest absolute Gasteiger partial charge is 0.308 e. The second kappa shape index (κ2) is 8.28. The zero-order valence-corrected chi connectivity index (χ0v) is 20.6. The minimum atomic E-state index is -3.32. The molecule has 1 aromatic carbocycles. The fourth-order valence-corrected chi connectivity index (χ4v) is 6.72. The molecule has 0 radical (unpaired) electrons. The van der Waals surface area contributed by atoms with E-state index >= 15 is 0 Å². The van der Waals surface area contributed by atoms with Gasteiger partial charge >= 0.3 is 5.92 Å². The summed E-state index contributed by atoms with van der Waals surface area (Å²) in [6.45, 7) is 0.382. The Morgan fingerprint density at radius 3 is 2.65 bits per heavy atom. The van der Waals surface area contributed by atoms with Crippen molar-refractivity contribution in [3.63, 3.8) is 0 Å². The largest absolute Gasteiger partial charge is 0.382 e. The molecule has 194 valence electrons. The summed E-state index contributed by atoms with van der Waals surface area (Å²) < 4.78 is 43.0. The second-order valence-electron chi connectivity index (χ2n) is 10.00. The number of nitrogen functional groups attached to an aromatic ring is 2. The number of halogens is 3. The van der Waals surface area contributed by atoms with E-state index in [9.17, 15) is 18.0 Å². The molecule has 0 unspecified atom stereocenters. The number of anilines is 3. The van der Waals surface area contributed by atoms with Gasteiger partial charge in [-0.3, -0.25) is 4.79 Å². The highest BCUT2D eigenvalue weighted by molar-refractivity contribution is 7.15. The molecule has 1 aliphatic carbocycles. The van der Waals surface area contributed by atoms with Crippen molar-refractivity contribution in [2.45, 2.75) is 37.8 Å². The molecule has 0 bridgehead atoms. The molecule has 3 aliphatic rings. The van der Waals surface area contributed by atoms with Gasteiger partial charge in [-0.1, -0.05) is 17.4 Å². The maximum Gasteiger partial charge on any atom is 0.308 e. The number of benzene rings is 1. The Hall–Kier alpha value is -3.45. The standard InChI is InChI=1S/C24H25F3N8OS/c25-13-2-1-12-8-23(18(28)14(12)7-13)3-5-34(6-4-23)16-9-31-17(20(29)32-16)21(36)35-10-15-19(24(26,27)11-35)33-22(30)37-15/h1-2,7,9,18H,3-6,8,10-11,28H2,(H2,29,32)(H2,30,33)/t18-/m1/s1. The molecule has 1 spiro atoms. The van der Waals surface area contributed by atoms with E-state index in [1.807, 2.05) is 11.0 Å². The number of carbonyl (C=O) groups excluding carboxylic acids is 1. The first-order valence-corrected chi connectivity index (χ1v) is 12.7. The Labute approximate surface area is 214 Å². The van der Waals surface area contributed by atoms with Gasteiger partial charge < -0.3 is 27.0 Å². The highest BCUT2D eigenvalue weighted by atomic mass is 32.1. The van der Waals surface area contributed by atoms with Crippen molar-refractivity contribution in [1.82, 2.24) is 19.9 Å². The number of nitrogens with two attached hydrogens (primary N) is 3. The highest BCUT2D eigenvalue weighted by Crippen LogP contribution is 2.51. The molecule has 37 heavy (non-hydrogen) atoms. The van der Waals surface area contributed by atoms with Crippen LogP contribution in [0.15, 0.2) is 24.4 Å². The van der Waals surface area contributed by atoms with Gasteiger partial charge in [-0.05, 0) is 47.9 Å². The van der Waals surface area contributed by atoms with E-state index in [1.165, 1.54) is 18.3 Å². The van der Waals surface area contributed by atoms with Crippen LogP contribution in [0, 0.1) is 11.2 Å². The van der Waals surface area contributed by atoms with Crippen molar-refractivity contribution >= 4 is 34.0 Å². The van der Waals surface area contributed by atoms with Gasteiger partial charge in [0.1, 0.15) is 17.3 Å². The van der Waals surface area contributed by atoms with Crippen molar-refractivity contribution in [3.8, 4) is 0 Å². The summed E-state index contributed by atoms with van der Waals surface area (Å²) in [5, 5.41) is 0.0283. The molecule has 0 saturated carbocycles. The van der Waals surface area contributed by atoms with Crippen molar-refractivity contribution in [1.29, 1.82) is 0 Å². The van der Waals surface area contributed by atoms with Crippen LogP contribution in [-0.4, -0.2) is 45.4 Å². The first-order valence-electron chi connectivity index (χ1n) is 11.9. The number of hydrogen-bond donors (Lipinski definition) is 3. The van der Waals surface area contributed by atoms with Crippen molar-refractivity contribution < 1.29 is 18.0 Å². The molecule has 4 heterocycles. The number of carbonyl (C=O) groups is 1. The summed E-state index contributed by atoms with van der Waals surface area (Å²) >= 11 is 0.930. The Morgan fingerprint density at radius 2 is 1.92 bits per heavy atom. The fraction of sp³-hybridized carbons (Fsp3) is 0.417. The maximum atomic E-state index is 14.6. The van der Waals surface area contributed by atoms with Crippen LogP contribution >= 0.6 is 11.3 Å². The molecule has 1 atom stereocenters. The third-order valence-corrected chi connectivity index (χ3v) is 8.66. The van der Waals surface area contributed by atoms with Crippen molar-refractivity contribution in [2.75, 3.05) is 36.0 Å². The number of aromatic nitrogens is 3. The van der Waals surface area contributed by atoms with Gasteiger partial charge in [0.25, 0.3) is 5.91 Å². The predicted octanol–water partition coefficient (Wildman–Crippen LogP) is 2.83. The van der Waals surface area contributed by atoms with Gasteiger partial charge in [0, 0.05) is 19.1 Å². The lowest BCUT2D eigenvalue weighted by molar-refractivity contribution is -0.0478. The lowest BCUT2D eigenvalue weighted by Crippen LogP contribution is -2.45. The Balaban J connectivity index is 1.16. The molecule has 3 aromatic rings. The Kier molecular flexibility index (Phi) is 5.35. The Bertz CT molecular complexity index is 1400. The molecule has 1 fully saturated rings. The minimum Gasteiger partial charge on any atom is -0.382 e. The molecule has 1 saturated heterocycles. The summed E-state index contributed by atoms with van der Waals surface area (Å²) in [4.78, 5) is 28.6. The fourth-order valence-electron chi connectivity index (χ4n) is 5.82. The number of thiazole rings is 1. The SMILES string of the molecule is Nc1nc2c(s1)CN(C(=O)c1ncc(N3CCC4(CC3)Cc3ccc(F)cc3[C@H]4N)nc1N)CC2(F)F. The molecule has 6 N–H and O–H groups in total. The van der Waals surface area contributed by atoms with Gasteiger partial charge in [0.15, 0.2) is 16.6 Å². The molecule has 2 aromatic heterocycles. The number of nitrogens with zero attached hydrogens (tertiary/aromatic N) is 5. The van der Waals surface area contributed by atoms with E-state index in [1.54, 1.807) is 0 Å². The van der Waals surface area contributed by atoms with Gasteiger partial charge in [-0.2, -0.15) is 8.78 Å². The van der Waals surface area contributed by atoms with Gasteiger partial charge in [-0.25, -0.2) is 19.3 Å². The molecule has 9 nitrogen and oxygen atoms in total.